The van der Waals surface area contributed by atoms with Crippen molar-refractivity contribution in [1.82, 2.24) is 5.32 Å². The molecule has 0 fully saturated rings. The summed E-state index contributed by atoms with van der Waals surface area (Å²) in [5, 5.41) is 4.80. The Kier molecular flexibility index (Phi) is 7.79. The van der Waals surface area contributed by atoms with Gasteiger partial charge in [0.25, 0.3) is 3.79 Å². The van der Waals surface area contributed by atoms with Gasteiger partial charge in [0.05, 0.1) is 5.92 Å². The van der Waals surface area contributed by atoms with Crippen molar-refractivity contribution in [2.75, 3.05) is 0 Å². The van der Waals surface area contributed by atoms with Crippen LogP contribution in [0.25, 0.3) is 0 Å². The lowest BCUT2D eigenvalue weighted by molar-refractivity contribution is -0.707. The molecule has 3 nitrogen and oxygen atoms in total. The zero-order valence-electron chi connectivity index (χ0n) is 15.9. The molecule has 0 bridgehead atoms. The Hall–Kier alpha value is -1.78. The van der Waals surface area contributed by atoms with Gasteiger partial charge in [-0.3, -0.25) is 4.79 Å². The summed E-state index contributed by atoms with van der Waals surface area (Å²) in [5.74, 6) is -0.637. The zero-order valence-corrected chi connectivity index (χ0v) is 18.2. The number of rotatable bonds is 7. The summed E-state index contributed by atoms with van der Waals surface area (Å²) in [6.07, 6.45) is 7.38. The normalized spacial score (nSPS) is 16.0. The number of halogens is 3. The molecule has 2 atom stereocenters. The molecule has 29 heavy (non-hydrogen) atoms. The van der Waals surface area contributed by atoms with Gasteiger partial charge in [-0.15, -0.1) is 0 Å². The molecule has 2 aromatic carbocycles. The lowest BCUT2D eigenvalue weighted by Gasteiger charge is -2.27. The molecule has 0 aliphatic heterocycles. The van der Waals surface area contributed by atoms with Crippen molar-refractivity contribution >= 4 is 40.7 Å². The molecule has 0 unspecified atom stereocenters. The second-order valence-electron chi connectivity index (χ2n) is 6.98. The van der Waals surface area contributed by atoms with E-state index >= 15 is 0 Å². The van der Waals surface area contributed by atoms with Crippen LogP contribution in [0.15, 0.2) is 84.5 Å². The number of hydrogen-bond acceptors (Lipinski definition) is 1. The van der Waals surface area contributed by atoms with Crippen molar-refractivity contribution < 1.29 is 10.1 Å². The number of quaternary nitrogens is 1. The standard InChI is InChI=1S/C23H23Cl3N2O/c24-23(25,26)22(27-16-17-10-4-1-5-11-17)28-21(29)20(18-12-6-2-7-13-18)19-14-8-3-9-15-19/h1-2,4-8,10-15,20,22,27H,3,9,16H2,(H,28,29)/p+1/t20-,22+/m1/s1. The molecule has 0 spiro atoms. The largest absolute Gasteiger partial charge is 0.319 e. The van der Waals surface area contributed by atoms with Gasteiger partial charge >= 0.3 is 0 Å². The van der Waals surface area contributed by atoms with Gasteiger partial charge in [-0.2, -0.15) is 0 Å². The van der Waals surface area contributed by atoms with E-state index in [9.17, 15) is 4.79 Å². The Morgan fingerprint density at radius 1 is 1.00 bits per heavy atom. The van der Waals surface area contributed by atoms with Gasteiger partial charge in [-0.05, 0) is 24.0 Å². The van der Waals surface area contributed by atoms with Crippen molar-refractivity contribution in [3.63, 3.8) is 0 Å². The van der Waals surface area contributed by atoms with E-state index in [0.717, 1.165) is 29.5 Å². The predicted octanol–water partition coefficient (Wildman–Crippen LogP) is 4.62. The van der Waals surface area contributed by atoms with E-state index in [1.165, 1.54) is 0 Å². The number of carbonyl (C=O) groups is 1. The molecule has 1 aliphatic carbocycles. The minimum absolute atomic E-state index is 0.186. The lowest BCUT2D eigenvalue weighted by atomic mass is 9.87. The summed E-state index contributed by atoms with van der Waals surface area (Å²) in [5.41, 5.74) is 2.96. The van der Waals surface area contributed by atoms with E-state index in [1.807, 2.05) is 72.1 Å². The van der Waals surface area contributed by atoms with E-state index < -0.39 is 15.9 Å². The van der Waals surface area contributed by atoms with Crippen molar-refractivity contribution in [2.45, 2.75) is 35.3 Å². The molecule has 0 aromatic heterocycles. The number of nitrogens with one attached hydrogen (secondary N) is 1. The Morgan fingerprint density at radius 2 is 1.66 bits per heavy atom. The monoisotopic (exact) mass is 449 g/mol. The van der Waals surface area contributed by atoms with Gasteiger partial charge in [0.2, 0.25) is 12.1 Å². The first-order valence-electron chi connectivity index (χ1n) is 9.61. The number of alkyl halides is 3. The highest BCUT2D eigenvalue weighted by Crippen LogP contribution is 2.31. The van der Waals surface area contributed by atoms with Crippen molar-refractivity contribution in [2.24, 2.45) is 0 Å². The molecule has 1 amide bonds. The topological polar surface area (TPSA) is 45.7 Å². The first kappa shape index (κ1) is 21.9. The summed E-state index contributed by atoms with van der Waals surface area (Å²) in [7, 11) is 0. The molecule has 0 radical (unpaired) electrons. The zero-order chi connectivity index (χ0) is 20.7. The highest BCUT2D eigenvalue weighted by Gasteiger charge is 2.39. The van der Waals surface area contributed by atoms with E-state index in [0.29, 0.717) is 6.54 Å². The molecular weight excluding hydrogens is 427 g/mol. The molecule has 3 N–H and O–H groups in total. The number of amides is 1. The maximum Gasteiger partial charge on any atom is 0.262 e. The summed E-state index contributed by atoms with van der Waals surface area (Å²) in [6, 6.07) is 19.6. The number of benzene rings is 2. The highest BCUT2D eigenvalue weighted by atomic mass is 35.6. The van der Waals surface area contributed by atoms with E-state index in [4.69, 9.17) is 34.8 Å². The van der Waals surface area contributed by atoms with Crippen LogP contribution in [0.5, 0.6) is 0 Å². The summed E-state index contributed by atoms with van der Waals surface area (Å²) < 4.78 is -1.65. The van der Waals surface area contributed by atoms with Gasteiger partial charge in [-0.1, -0.05) is 114 Å². The molecule has 3 rings (SSSR count). The minimum Gasteiger partial charge on any atom is -0.319 e. The highest BCUT2D eigenvalue weighted by molar-refractivity contribution is 6.68. The van der Waals surface area contributed by atoms with Crippen molar-refractivity contribution in [3.05, 3.63) is 95.6 Å². The van der Waals surface area contributed by atoms with Crippen LogP contribution in [0.4, 0.5) is 0 Å². The number of hydrogen-bond donors (Lipinski definition) is 2. The Balaban J connectivity index is 1.79. The van der Waals surface area contributed by atoms with Gasteiger partial charge in [-0.25, -0.2) is 0 Å². The fourth-order valence-corrected chi connectivity index (χ4v) is 3.80. The fraction of sp³-hybridized carbons (Fsp3) is 0.261. The lowest BCUT2D eigenvalue weighted by Crippen LogP contribution is -2.95. The Morgan fingerprint density at radius 3 is 2.24 bits per heavy atom. The van der Waals surface area contributed by atoms with Crippen molar-refractivity contribution in [3.8, 4) is 0 Å². The smallest absolute Gasteiger partial charge is 0.262 e. The molecule has 0 saturated heterocycles. The quantitative estimate of drug-likeness (QED) is 0.469. The van der Waals surface area contributed by atoms with E-state index in [2.05, 4.69) is 17.5 Å². The number of carbonyl (C=O) groups excluding carboxylic acids is 1. The molecule has 2 aromatic rings. The first-order valence-corrected chi connectivity index (χ1v) is 10.7. The van der Waals surface area contributed by atoms with Gasteiger partial charge in [0, 0.05) is 5.56 Å². The van der Waals surface area contributed by atoms with Crippen LogP contribution in [0.1, 0.15) is 29.9 Å². The molecule has 6 heteroatoms. The van der Waals surface area contributed by atoms with Gasteiger partial charge in [0.15, 0.2) is 0 Å². The van der Waals surface area contributed by atoms with Crippen molar-refractivity contribution in [1.29, 1.82) is 0 Å². The summed E-state index contributed by atoms with van der Waals surface area (Å²) >= 11 is 18.6. The third-order valence-corrected chi connectivity index (χ3v) is 5.54. The van der Waals surface area contributed by atoms with Crippen LogP contribution in [-0.2, 0) is 11.3 Å². The second-order valence-corrected chi connectivity index (χ2v) is 9.35. The van der Waals surface area contributed by atoms with Crippen LogP contribution in [-0.4, -0.2) is 15.9 Å². The SMILES string of the molecule is O=C(N[C@H]([NH2+]Cc1ccccc1)C(Cl)(Cl)Cl)[C@@H](C1=CCCC=C1)c1ccccc1. The average molecular weight is 451 g/mol. The molecule has 0 saturated carbocycles. The van der Waals surface area contributed by atoms with Crippen LogP contribution in [0.2, 0.25) is 0 Å². The van der Waals surface area contributed by atoms with Crippen LogP contribution in [0.3, 0.4) is 0 Å². The molecular formula is C23H24Cl3N2O+. The number of allylic oxidation sites excluding steroid dienone is 3. The van der Waals surface area contributed by atoms with Gasteiger partial charge < -0.3 is 10.6 Å². The minimum atomic E-state index is -1.65. The maximum atomic E-state index is 13.3. The molecule has 1 aliphatic rings. The summed E-state index contributed by atoms with van der Waals surface area (Å²) in [6.45, 7) is 0.582. The number of nitrogens with two attached hydrogens (primary N) is 1. The first-order chi connectivity index (χ1) is 13.9. The van der Waals surface area contributed by atoms with E-state index in [-0.39, 0.29) is 5.91 Å². The summed E-state index contributed by atoms with van der Waals surface area (Å²) in [4.78, 5) is 13.3. The second kappa shape index (κ2) is 10.3. The van der Waals surface area contributed by atoms with Crippen LogP contribution < -0.4 is 10.6 Å². The predicted molar refractivity (Wildman–Crippen MR) is 120 cm³/mol. The van der Waals surface area contributed by atoms with Crippen LogP contribution in [0, 0.1) is 0 Å². The Bertz CT molecular complexity index is 861. The van der Waals surface area contributed by atoms with Crippen LogP contribution >= 0.6 is 34.8 Å². The third kappa shape index (κ3) is 6.35. The molecule has 152 valence electrons. The van der Waals surface area contributed by atoms with Gasteiger partial charge in [0.1, 0.15) is 6.54 Å². The maximum absolute atomic E-state index is 13.3. The Labute approximate surface area is 186 Å². The molecule has 0 heterocycles. The van der Waals surface area contributed by atoms with E-state index in [1.54, 1.807) is 0 Å². The third-order valence-electron chi connectivity index (χ3n) is 4.83. The average Bonchev–Trinajstić information content (AvgIpc) is 2.73. The fourth-order valence-electron chi connectivity index (χ4n) is 3.37.